The molecule has 0 atom stereocenters. The topological polar surface area (TPSA) is 58.6 Å². The Morgan fingerprint density at radius 1 is 0.800 bits per heavy atom. The van der Waals surface area contributed by atoms with Crippen molar-refractivity contribution in [2.24, 2.45) is 0 Å². The number of benzene rings is 3. The summed E-state index contributed by atoms with van der Waals surface area (Å²) in [6.07, 6.45) is 0. The second-order valence-corrected chi connectivity index (χ2v) is 7.22. The molecule has 0 aliphatic heterocycles. The highest BCUT2D eigenvalue weighted by atomic mass is 16.5. The third-order valence-electron chi connectivity index (χ3n) is 4.60. The summed E-state index contributed by atoms with van der Waals surface area (Å²) in [4.78, 5) is 26.6. The van der Waals surface area contributed by atoms with Crippen LogP contribution in [0.25, 0.3) is 0 Å². The van der Waals surface area contributed by atoms with Gasteiger partial charge in [-0.3, -0.25) is 14.5 Å². The number of hydrogen-bond donors (Lipinski definition) is 1. The lowest BCUT2D eigenvalue weighted by atomic mass is 10.0. The largest absolute Gasteiger partial charge is 0.362 e. The van der Waals surface area contributed by atoms with Gasteiger partial charge in [0.15, 0.2) is 0 Å². The van der Waals surface area contributed by atoms with Crippen LogP contribution in [0.5, 0.6) is 0 Å². The molecule has 5 nitrogen and oxygen atoms in total. The average Bonchev–Trinajstić information content (AvgIpc) is 2.76. The highest BCUT2D eigenvalue weighted by Gasteiger charge is 2.18. The van der Waals surface area contributed by atoms with Crippen LogP contribution < -0.4 is 10.2 Å². The number of anilines is 3. The number of rotatable bonds is 8. The standard InChI is InChI=1S/C25H26N2O3/c1-19(2)20-13-15-21(16-14-20)26-24(28)17-30-18-25(29)27(22-9-5-3-6-10-22)23-11-7-4-8-12-23/h3-16,19H,17-18H2,1-2H3,(H,26,28). The van der Waals surface area contributed by atoms with E-state index >= 15 is 0 Å². The zero-order valence-corrected chi connectivity index (χ0v) is 17.2. The zero-order chi connectivity index (χ0) is 21.3. The summed E-state index contributed by atoms with van der Waals surface area (Å²) < 4.78 is 5.41. The lowest BCUT2D eigenvalue weighted by Gasteiger charge is -2.23. The van der Waals surface area contributed by atoms with Crippen LogP contribution in [0.2, 0.25) is 0 Å². The summed E-state index contributed by atoms with van der Waals surface area (Å²) in [6.45, 7) is 3.83. The Labute approximate surface area is 177 Å². The third-order valence-corrected chi connectivity index (χ3v) is 4.60. The van der Waals surface area contributed by atoms with Crippen LogP contribution in [-0.2, 0) is 14.3 Å². The summed E-state index contributed by atoms with van der Waals surface area (Å²) in [7, 11) is 0. The fourth-order valence-electron chi connectivity index (χ4n) is 3.04. The minimum absolute atomic E-state index is 0.199. The van der Waals surface area contributed by atoms with E-state index in [-0.39, 0.29) is 25.0 Å². The summed E-state index contributed by atoms with van der Waals surface area (Å²) in [5.74, 6) is -0.117. The molecule has 0 aliphatic rings. The van der Waals surface area contributed by atoms with E-state index in [1.807, 2.05) is 84.9 Å². The van der Waals surface area contributed by atoms with E-state index in [9.17, 15) is 9.59 Å². The average molecular weight is 402 g/mol. The smallest absolute Gasteiger partial charge is 0.257 e. The molecule has 3 aromatic carbocycles. The molecule has 3 rings (SSSR count). The van der Waals surface area contributed by atoms with Crippen molar-refractivity contribution in [1.29, 1.82) is 0 Å². The zero-order valence-electron chi connectivity index (χ0n) is 17.2. The van der Waals surface area contributed by atoms with Crippen LogP contribution in [0.1, 0.15) is 25.3 Å². The fraction of sp³-hybridized carbons (Fsp3) is 0.200. The molecule has 0 radical (unpaired) electrons. The van der Waals surface area contributed by atoms with E-state index in [2.05, 4.69) is 19.2 Å². The molecule has 0 bridgehead atoms. The first-order valence-corrected chi connectivity index (χ1v) is 9.95. The van der Waals surface area contributed by atoms with Gasteiger partial charge in [0.2, 0.25) is 5.91 Å². The number of para-hydroxylation sites is 2. The third kappa shape index (κ3) is 5.78. The molecule has 0 heterocycles. The van der Waals surface area contributed by atoms with E-state index in [1.165, 1.54) is 5.56 Å². The molecule has 2 amide bonds. The molecule has 30 heavy (non-hydrogen) atoms. The van der Waals surface area contributed by atoms with E-state index in [0.29, 0.717) is 11.6 Å². The summed E-state index contributed by atoms with van der Waals surface area (Å²) >= 11 is 0. The van der Waals surface area contributed by atoms with Crippen molar-refractivity contribution in [2.45, 2.75) is 19.8 Å². The van der Waals surface area contributed by atoms with Crippen LogP contribution in [0.3, 0.4) is 0 Å². The predicted molar refractivity (Wildman–Crippen MR) is 120 cm³/mol. The molecule has 0 aromatic heterocycles. The van der Waals surface area contributed by atoms with Crippen molar-refractivity contribution < 1.29 is 14.3 Å². The number of nitrogens with one attached hydrogen (secondary N) is 1. The van der Waals surface area contributed by atoms with Gasteiger partial charge in [-0.25, -0.2) is 0 Å². The van der Waals surface area contributed by atoms with Crippen molar-refractivity contribution in [2.75, 3.05) is 23.4 Å². The number of nitrogens with zero attached hydrogens (tertiary/aromatic N) is 1. The van der Waals surface area contributed by atoms with Crippen molar-refractivity contribution in [3.05, 3.63) is 90.5 Å². The maximum absolute atomic E-state index is 12.9. The quantitative estimate of drug-likeness (QED) is 0.568. The van der Waals surface area contributed by atoms with E-state index in [1.54, 1.807) is 4.90 Å². The highest BCUT2D eigenvalue weighted by molar-refractivity contribution is 6.01. The van der Waals surface area contributed by atoms with Crippen LogP contribution in [0.4, 0.5) is 17.1 Å². The first kappa shape index (κ1) is 21.3. The number of hydrogen-bond acceptors (Lipinski definition) is 3. The molecular formula is C25H26N2O3. The maximum atomic E-state index is 12.9. The summed E-state index contributed by atoms with van der Waals surface area (Å²) in [6, 6.07) is 26.4. The molecule has 0 unspecified atom stereocenters. The summed E-state index contributed by atoms with van der Waals surface area (Å²) in [5, 5.41) is 2.79. The molecule has 1 N–H and O–H groups in total. The maximum Gasteiger partial charge on any atom is 0.257 e. The van der Waals surface area contributed by atoms with Gasteiger partial charge in [0.1, 0.15) is 13.2 Å². The second-order valence-electron chi connectivity index (χ2n) is 7.22. The van der Waals surface area contributed by atoms with Crippen molar-refractivity contribution in [3.8, 4) is 0 Å². The molecule has 5 heteroatoms. The number of ether oxygens (including phenoxy) is 1. The highest BCUT2D eigenvalue weighted by Crippen LogP contribution is 2.25. The number of carbonyl (C=O) groups is 2. The van der Waals surface area contributed by atoms with E-state index in [4.69, 9.17) is 4.74 Å². The Hall–Kier alpha value is -3.44. The molecule has 0 aliphatic carbocycles. The first-order chi connectivity index (χ1) is 14.5. The van der Waals surface area contributed by atoms with Gasteiger partial charge in [-0.1, -0.05) is 62.4 Å². The Morgan fingerprint density at radius 2 is 1.33 bits per heavy atom. The van der Waals surface area contributed by atoms with Crippen LogP contribution in [0, 0.1) is 0 Å². The van der Waals surface area contributed by atoms with Crippen molar-refractivity contribution in [1.82, 2.24) is 0 Å². The van der Waals surface area contributed by atoms with Gasteiger partial charge in [-0.2, -0.15) is 0 Å². The molecule has 0 saturated heterocycles. The normalized spacial score (nSPS) is 10.6. The molecule has 3 aromatic rings. The van der Waals surface area contributed by atoms with Crippen molar-refractivity contribution in [3.63, 3.8) is 0 Å². The van der Waals surface area contributed by atoms with E-state index in [0.717, 1.165) is 11.4 Å². The first-order valence-electron chi connectivity index (χ1n) is 9.95. The summed E-state index contributed by atoms with van der Waals surface area (Å²) in [5.41, 5.74) is 3.39. The molecule has 154 valence electrons. The molecule has 0 fully saturated rings. The van der Waals surface area contributed by atoms with E-state index < -0.39 is 0 Å². The van der Waals surface area contributed by atoms with Gasteiger partial charge in [0.25, 0.3) is 5.91 Å². The van der Waals surface area contributed by atoms with Gasteiger partial charge in [-0.15, -0.1) is 0 Å². The van der Waals surface area contributed by atoms with Gasteiger partial charge in [0.05, 0.1) is 0 Å². The Kier molecular flexibility index (Phi) is 7.35. The number of carbonyl (C=O) groups excluding carboxylic acids is 2. The van der Waals surface area contributed by atoms with Gasteiger partial charge >= 0.3 is 0 Å². The van der Waals surface area contributed by atoms with Gasteiger partial charge in [0, 0.05) is 17.1 Å². The number of amides is 2. The van der Waals surface area contributed by atoms with Gasteiger partial charge < -0.3 is 10.1 Å². The Balaban J connectivity index is 1.57. The predicted octanol–water partition coefficient (Wildman–Crippen LogP) is 5.13. The van der Waals surface area contributed by atoms with Crippen LogP contribution in [0.15, 0.2) is 84.9 Å². The molecular weight excluding hydrogens is 376 g/mol. The van der Waals surface area contributed by atoms with Crippen molar-refractivity contribution >= 4 is 28.9 Å². The second kappa shape index (κ2) is 10.4. The van der Waals surface area contributed by atoms with Crippen LogP contribution in [-0.4, -0.2) is 25.0 Å². The molecule has 0 saturated carbocycles. The minimum Gasteiger partial charge on any atom is -0.362 e. The fourth-order valence-corrected chi connectivity index (χ4v) is 3.04. The monoisotopic (exact) mass is 402 g/mol. The van der Waals surface area contributed by atoms with Crippen LogP contribution >= 0.6 is 0 Å². The lowest BCUT2D eigenvalue weighted by molar-refractivity contribution is -0.126. The Bertz CT molecular complexity index is 915. The Morgan fingerprint density at radius 3 is 1.83 bits per heavy atom. The van der Waals surface area contributed by atoms with Gasteiger partial charge in [-0.05, 0) is 47.9 Å². The molecule has 0 spiro atoms. The SMILES string of the molecule is CC(C)c1ccc(NC(=O)COCC(=O)N(c2ccccc2)c2ccccc2)cc1. The lowest BCUT2D eigenvalue weighted by Crippen LogP contribution is -2.31. The minimum atomic E-state index is -0.300.